The van der Waals surface area contributed by atoms with E-state index < -0.39 is 0 Å². The van der Waals surface area contributed by atoms with Gasteiger partial charge in [-0.2, -0.15) is 0 Å². The first-order valence-corrected chi connectivity index (χ1v) is 7.97. The van der Waals surface area contributed by atoms with Gasteiger partial charge < -0.3 is 9.73 Å². The molecule has 6 heteroatoms. The molecule has 1 amide bonds. The molecule has 2 aromatic heterocycles. The number of carbonyl (C=O) groups is 1. The summed E-state index contributed by atoms with van der Waals surface area (Å²) in [5.41, 5.74) is 1.31. The van der Waals surface area contributed by atoms with Gasteiger partial charge in [-0.25, -0.2) is 0 Å². The second kappa shape index (κ2) is 5.38. The van der Waals surface area contributed by atoms with Gasteiger partial charge in [0.05, 0.1) is 5.69 Å². The van der Waals surface area contributed by atoms with E-state index in [4.69, 9.17) is 4.42 Å². The number of thiophene rings is 1. The fourth-order valence-corrected chi connectivity index (χ4v) is 2.95. The van der Waals surface area contributed by atoms with Crippen LogP contribution in [0, 0.1) is 0 Å². The molecule has 2 heterocycles. The van der Waals surface area contributed by atoms with Gasteiger partial charge in [-0.3, -0.25) is 4.79 Å². The van der Waals surface area contributed by atoms with Gasteiger partial charge in [0.15, 0.2) is 0 Å². The normalized spacial score (nSPS) is 14.0. The van der Waals surface area contributed by atoms with Crippen LogP contribution in [-0.2, 0) is 0 Å². The zero-order valence-corrected chi connectivity index (χ0v) is 12.5. The molecule has 0 radical (unpaired) electrons. The molecular formula is C16H13N3O2S. The maximum absolute atomic E-state index is 12.2. The molecule has 110 valence electrons. The second-order valence-electron chi connectivity index (χ2n) is 5.20. The highest BCUT2D eigenvalue weighted by molar-refractivity contribution is 7.14. The standard InChI is InChI=1S/C16H13N3O2S/c20-14(10-4-2-1-3-5-10)17-12-8-9-22-13(12)16-19-18-15(21-16)11-6-7-11/h1-5,8-9,11H,6-7H2,(H,17,20). The first-order valence-electron chi connectivity index (χ1n) is 7.09. The maximum atomic E-state index is 12.2. The van der Waals surface area contributed by atoms with Crippen LogP contribution >= 0.6 is 11.3 Å². The highest BCUT2D eigenvalue weighted by atomic mass is 32.1. The highest BCUT2D eigenvalue weighted by Crippen LogP contribution is 2.41. The Morgan fingerprint density at radius 2 is 2.00 bits per heavy atom. The van der Waals surface area contributed by atoms with Gasteiger partial charge in [0.1, 0.15) is 4.88 Å². The fraction of sp³-hybridized carbons (Fsp3) is 0.188. The number of nitrogens with zero attached hydrogens (tertiary/aromatic N) is 2. The van der Waals surface area contributed by atoms with Crippen LogP contribution < -0.4 is 5.32 Å². The summed E-state index contributed by atoms with van der Waals surface area (Å²) in [6.45, 7) is 0. The summed E-state index contributed by atoms with van der Waals surface area (Å²) in [5.74, 6) is 1.44. The number of hydrogen-bond acceptors (Lipinski definition) is 5. The Hall–Kier alpha value is -2.47. The summed E-state index contributed by atoms with van der Waals surface area (Å²) in [7, 11) is 0. The summed E-state index contributed by atoms with van der Waals surface area (Å²) in [4.78, 5) is 13.0. The largest absolute Gasteiger partial charge is 0.420 e. The lowest BCUT2D eigenvalue weighted by molar-refractivity contribution is 0.102. The van der Waals surface area contributed by atoms with E-state index in [9.17, 15) is 4.79 Å². The van der Waals surface area contributed by atoms with E-state index >= 15 is 0 Å². The third kappa shape index (κ3) is 2.53. The summed E-state index contributed by atoms with van der Waals surface area (Å²) in [5, 5.41) is 13.0. The molecular weight excluding hydrogens is 298 g/mol. The number of hydrogen-bond donors (Lipinski definition) is 1. The predicted octanol–water partition coefficient (Wildman–Crippen LogP) is 3.93. The molecule has 3 aromatic rings. The molecule has 1 N–H and O–H groups in total. The molecule has 1 aliphatic carbocycles. The molecule has 22 heavy (non-hydrogen) atoms. The molecule has 0 spiro atoms. The van der Waals surface area contributed by atoms with Crippen molar-refractivity contribution in [2.24, 2.45) is 0 Å². The smallest absolute Gasteiger partial charge is 0.259 e. The van der Waals surface area contributed by atoms with E-state index in [0.29, 0.717) is 29.0 Å². The molecule has 0 aliphatic heterocycles. The molecule has 0 unspecified atom stereocenters. The predicted molar refractivity (Wildman–Crippen MR) is 84.0 cm³/mol. The minimum Gasteiger partial charge on any atom is -0.420 e. The number of rotatable bonds is 4. The van der Waals surface area contributed by atoms with Crippen LogP contribution in [0.25, 0.3) is 10.8 Å². The van der Waals surface area contributed by atoms with Crippen molar-refractivity contribution < 1.29 is 9.21 Å². The van der Waals surface area contributed by atoms with Crippen LogP contribution in [0.1, 0.15) is 35.0 Å². The number of amides is 1. The van der Waals surface area contributed by atoms with Crippen molar-refractivity contribution in [2.75, 3.05) is 5.32 Å². The van der Waals surface area contributed by atoms with Crippen molar-refractivity contribution in [3.63, 3.8) is 0 Å². The summed E-state index contributed by atoms with van der Waals surface area (Å²) in [6, 6.07) is 11.0. The fourth-order valence-electron chi connectivity index (χ4n) is 2.18. The molecule has 1 aromatic carbocycles. The van der Waals surface area contributed by atoms with E-state index in [2.05, 4.69) is 15.5 Å². The second-order valence-corrected chi connectivity index (χ2v) is 6.12. The third-order valence-electron chi connectivity index (χ3n) is 3.51. The lowest BCUT2D eigenvalue weighted by Crippen LogP contribution is -2.11. The van der Waals surface area contributed by atoms with Gasteiger partial charge in [-0.15, -0.1) is 21.5 Å². The van der Waals surface area contributed by atoms with Crippen LogP contribution in [0.5, 0.6) is 0 Å². The molecule has 1 saturated carbocycles. The Kier molecular flexibility index (Phi) is 3.23. The SMILES string of the molecule is O=C(Nc1ccsc1-c1nnc(C2CC2)o1)c1ccccc1. The van der Waals surface area contributed by atoms with E-state index in [0.717, 1.165) is 17.7 Å². The number of benzene rings is 1. The Labute approximate surface area is 131 Å². The first kappa shape index (κ1) is 13.2. The topological polar surface area (TPSA) is 68.0 Å². The van der Waals surface area contributed by atoms with E-state index in [1.54, 1.807) is 12.1 Å². The lowest BCUT2D eigenvalue weighted by Gasteiger charge is -2.04. The number of nitrogens with one attached hydrogen (secondary N) is 1. The summed E-state index contributed by atoms with van der Waals surface area (Å²) in [6.07, 6.45) is 2.23. The molecule has 1 fully saturated rings. The monoisotopic (exact) mass is 311 g/mol. The summed E-state index contributed by atoms with van der Waals surface area (Å²) >= 11 is 1.47. The van der Waals surface area contributed by atoms with E-state index in [-0.39, 0.29) is 5.91 Å². The Morgan fingerprint density at radius 1 is 1.18 bits per heavy atom. The van der Waals surface area contributed by atoms with Crippen molar-refractivity contribution in [1.82, 2.24) is 10.2 Å². The zero-order valence-electron chi connectivity index (χ0n) is 11.7. The molecule has 5 nitrogen and oxygen atoms in total. The minimum atomic E-state index is -0.151. The van der Waals surface area contributed by atoms with Crippen molar-refractivity contribution in [3.05, 3.63) is 53.2 Å². The van der Waals surface area contributed by atoms with Crippen molar-refractivity contribution >= 4 is 22.9 Å². The Balaban J connectivity index is 1.58. The molecule has 0 atom stereocenters. The van der Waals surface area contributed by atoms with Gasteiger partial charge in [0.25, 0.3) is 11.8 Å². The van der Waals surface area contributed by atoms with Gasteiger partial charge in [-0.05, 0) is 36.4 Å². The zero-order chi connectivity index (χ0) is 14.9. The maximum Gasteiger partial charge on any atom is 0.259 e. The van der Waals surface area contributed by atoms with Crippen molar-refractivity contribution in [1.29, 1.82) is 0 Å². The van der Waals surface area contributed by atoms with Crippen molar-refractivity contribution in [3.8, 4) is 10.8 Å². The quantitative estimate of drug-likeness (QED) is 0.792. The van der Waals surface area contributed by atoms with Crippen LogP contribution in [0.3, 0.4) is 0 Å². The first-order chi connectivity index (χ1) is 10.8. The van der Waals surface area contributed by atoms with Gasteiger partial charge >= 0.3 is 0 Å². The highest BCUT2D eigenvalue weighted by Gasteiger charge is 2.30. The molecule has 1 aliphatic rings. The van der Waals surface area contributed by atoms with Crippen LogP contribution in [0.4, 0.5) is 5.69 Å². The molecule has 4 rings (SSSR count). The molecule has 0 bridgehead atoms. The lowest BCUT2D eigenvalue weighted by atomic mass is 10.2. The van der Waals surface area contributed by atoms with Crippen LogP contribution in [0.2, 0.25) is 0 Å². The molecule has 0 saturated heterocycles. The van der Waals surface area contributed by atoms with Gasteiger partial charge in [0.2, 0.25) is 5.89 Å². The number of carbonyl (C=O) groups excluding carboxylic acids is 1. The van der Waals surface area contributed by atoms with Crippen molar-refractivity contribution in [2.45, 2.75) is 18.8 Å². The summed E-state index contributed by atoms with van der Waals surface area (Å²) < 4.78 is 5.72. The Morgan fingerprint density at radius 3 is 2.77 bits per heavy atom. The average Bonchev–Trinajstić information content (AvgIpc) is 3.10. The van der Waals surface area contributed by atoms with Gasteiger partial charge in [-0.1, -0.05) is 18.2 Å². The van der Waals surface area contributed by atoms with Crippen LogP contribution in [-0.4, -0.2) is 16.1 Å². The average molecular weight is 311 g/mol. The Bertz CT molecular complexity index is 806. The number of aromatic nitrogens is 2. The van der Waals surface area contributed by atoms with E-state index in [1.165, 1.54) is 11.3 Å². The number of anilines is 1. The van der Waals surface area contributed by atoms with Crippen LogP contribution in [0.15, 0.2) is 46.2 Å². The van der Waals surface area contributed by atoms with Gasteiger partial charge in [0, 0.05) is 11.5 Å². The third-order valence-corrected chi connectivity index (χ3v) is 4.41. The van der Waals surface area contributed by atoms with E-state index in [1.807, 2.05) is 29.6 Å². The minimum absolute atomic E-state index is 0.151.